The van der Waals surface area contributed by atoms with Gasteiger partial charge in [-0.25, -0.2) is 13.1 Å². The molecule has 3 N–H and O–H groups in total. The predicted molar refractivity (Wildman–Crippen MR) is 85.1 cm³/mol. The highest BCUT2D eigenvalue weighted by Crippen LogP contribution is 2.23. The van der Waals surface area contributed by atoms with Gasteiger partial charge in [0, 0.05) is 17.1 Å². The summed E-state index contributed by atoms with van der Waals surface area (Å²) in [5.74, 6) is 0. The molecule has 1 unspecified atom stereocenters. The lowest BCUT2D eigenvalue weighted by atomic mass is 10.1. The Hall–Kier alpha value is -0.730. The van der Waals surface area contributed by atoms with E-state index in [1.54, 1.807) is 11.4 Å². The highest BCUT2D eigenvalue weighted by atomic mass is 79.9. The van der Waals surface area contributed by atoms with Gasteiger partial charge in [-0.1, -0.05) is 28.1 Å². The van der Waals surface area contributed by atoms with Crippen LogP contribution in [0, 0.1) is 0 Å². The number of hydrogen-bond acceptors (Lipinski definition) is 4. The van der Waals surface area contributed by atoms with Gasteiger partial charge in [-0.3, -0.25) is 0 Å². The molecule has 4 nitrogen and oxygen atoms in total. The molecule has 1 aromatic heterocycles. The number of nitrogens with two attached hydrogens (primary N) is 1. The Bertz CT molecular complexity index is 698. The summed E-state index contributed by atoms with van der Waals surface area (Å²) in [5.41, 5.74) is 7.23. The summed E-state index contributed by atoms with van der Waals surface area (Å²) >= 11 is 4.56. The summed E-state index contributed by atoms with van der Waals surface area (Å²) in [6.45, 7) is 2.16. The number of thiophene rings is 1. The molecule has 20 heavy (non-hydrogen) atoms. The van der Waals surface area contributed by atoms with Crippen LogP contribution < -0.4 is 10.5 Å². The molecule has 0 aliphatic rings. The molecular formula is C13H15BrN2O2S2. The molecule has 0 amide bonds. The Morgan fingerprint density at radius 2 is 2.15 bits per heavy atom. The second-order valence-electron chi connectivity index (χ2n) is 4.38. The van der Waals surface area contributed by atoms with Gasteiger partial charge in [-0.05, 0) is 41.6 Å². The van der Waals surface area contributed by atoms with E-state index in [0.29, 0.717) is 10.8 Å². The van der Waals surface area contributed by atoms with Gasteiger partial charge in [0.1, 0.15) is 4.21 Å². The van der Waals surface area contributed by atoms with Crippen molar-refractivity contribution in [2.75, 3.05) is 0 Å². The van der Waals surface area contributed by atoms with Crippen LogP contribution in [0.3, 0.4) is 0 Å². The molecule has 0 fully saturated rings. The quantitative estimate of drug-likeness (QED) is 0.844. The SMILES string of the molecule is CC(NS(=O)(=O)c1cc(CN)cs1)c1cccc(Br)c1. The fourth-order valence-electron chi connectivity index (χ4n) is 1.74. The zero-order chi connectivity index (χ0) is 14.8. The van der Waals surface area contributed by atoms with Gasteiger partial charge >= 0.3 is 0 Å². The third-order valence-corrected chi connectivity index (χ3v) is 6.33. The summed E-state index contributed by atoms with van der Waals surface area (Å²) < 4.78 is 28.4. The van der Waals surface area contributed by atoms with Crippen molar-refractivity contribution in [2.24, 2.45) is 5.73 Å². The van der Waals surface area contributed by atoms with Crippen molar-refractivity contribution >= 4 is 37.3 Å². The van der Waals surface area contributed by atoms with Gasteiger partial charge in [0.25, 0.3) is 10.0 Å². The van der Waals surface area contributed by atoms with Crippen LogP contribution in [0.5, 0.6) is 0 Å². The number of rotatable bonds is 5. The highest BCUT2D eigenvalue weighted by molar-refractivity contribution is 9.10. The van der Waals surface area contributed by atoms with Gasteiger partial charge < -0.3 is 5.73 Å². The summed E-state index contributed by atoms with van der Waals surface area (Å²) in [6, 6.07) is 8.87. The molecule has 0 radical (unpaired) electrons. The average Bonchev–Trinajstić information content (AvgIpc) is 2.87. The average molecular weight is 375 g/mol. The maximum atomic E-state index is 12.3. The second kappa shape index (κ2) is 6.36. The number of halogens is 1. The van der Waals surface area contributed by atoms with Gasteiger partial charge in [-0.2, -0.15) is 0 Å². The van der Waals surface area contributed by atoms with Crippen molar-refractivity contribution in [3.05, 3.63) is 51.3 Å². The first-order chi connectivity index (χ1) is 9.42. The van der Waals surface area contributed by atoms with Crippen LogP contribution in [-0.4, -0.2) is 8.42 Å². The molecule has 108 valence electrons. The van der Waals surface area contributed by atoms with E-state index in [4.69, 9.17) is 5.73 Å². The molecule has 2 rings (SSSR count). The van der Waals surface area contributed by atoms with Crippen molar-refractivity contribution in [1.82, 2.24) is 4.72 Å². The summed E-state index contributed by atoms with van der Waals surface area (Å²) in [5, 5.41) is 1.76. The largest absolute Gasteiger partial charge is 0.326 e. The van der Waals surface area contributed by atoms with Crippen molar-refractivity contribution in [1.29, 1.82) is 0 Å². The molecule has 0 spiro atoms. The van der Waals surface area contributed by atoms with Crippen LogP contribution in [0.1, 0.15) is 24.1 Å². The maximum Gasteiger partial charge on any atom is 0.250 e. The Morgan fingerprint density at radius 3 is 2.75 bits per heavy atom. The highest BCUT2D eigenvalue weighted by Gasteiger charge is 2.20. The molecule has 0 saturated heterocycles. The Balaban J connectivity index is 2.19. The van der Waals surface area contributed by atoms with Crippen molar-refractivity contribution < 1.29 is 8.42 Å². The van der Waals surface area contributed by atoms with E-state index in [-0.39, 0.29) is 6.04 Å². The number of hydrogen-bond donors (Lipinski definition) is 2. The second-order valence-corrected chi connectivity index (χ2v) is 8.14. The Kier molecular flexibility index (Phi) is 4.98. The van der Waals surface area contributed by atoms with Crippen LogP contribution in [-0.2, 0) is 16.6 Å². The molecule has 7 heteroatoms. The number of sulfonamides is 1. The topological polar surface area (TPSA) is 72.2 Å². The van der Waals surface area contributed by atoms with E-state index in [2.05, 4.69) is 20.7 Å². The van der Waals surface area contributed by atoms with Gasteiger partial charge in [0.15, 0.2) is 0 Å². The molecule has 1 aromatic carbocycles. The fourth-order valence-corrected chi connectivity index (χ4v) is 4.62. The van der Waals surface area contributed by atoms with Crippen LogP contribution in [0.2, 0.25) is 0 Å². The third kappa shape index (κ3) is 3.67. The van der Waals surface area contributed by atoms with E-state index < -0.39 is 10.0 Å². The summed E-state index contributed by atoms with van der Waals surface area (Å²) in [4.78, 5) is 0. The third-order valence-electron chi connectivity index (χ3n) is 2.81. The standard InChI is InChI=1S/C13H15BrN2O2S2/c1-9(11-3-2-4-12(14)6-11)16-20(17,18)13-5-10(7-15)8-19-13/h2-6,8-9,16H,7,15H2,1H3. The van der Waals surface area contributed by atoms with Crippen LogP contribution >= 0.6 is 27.3 Å². The molecule has 0 saturated carbocycles. The molecule has 2 aromatic rings. The van der Waals surface area contributed by atoms with Crippen molar-refractivity contribution in [2.45, 2.75) is 23.7 Å². The first-order valence-corrected chi connectivity index (χ1v) is 9.13. The lowest BCUT2D eigenvalue weighted by molar-refractivity contribution is 0.569. The Morgan fingerprint density at radius 1 is 1.40 bits per heavy atom. The molecule has 0 aliphatic carbocycles. The zero-order valence-corrected chi connectivity index (χ0v) is 14.1. The summed E-state index contributed by atoms with van der Waals surface area (Å²) in [6.07, 6.45) is 0. The van der Waals surface area contributed by atoms with E-state index in [1.165, 1.54) is 11.3 Å². The van der Waals surface area contributed by atoms with Crippen LogP contribution in [0.25, 0.3) is 0 Å². The van der Waals surface area contributed by atoms with E-state index in [9.17, 15) is 8.42 Å². The van der Waals surface area contributed by atoms with E-state index >= 15 is 0 Å². The minimum Gasteiger partial charge on any atom is -0.326 e. The minimum atomic E-state index is -3.51. The first kappa shape index (κ1) is 15.7. The lowest BCUT2D eigenvalue weighted by Crippen LogP contribution is -2.26. The van der Waals surface area contributed by atoms with Crippen molar-refractivity contribution in [3.8, 4) is 0 Å². The molecular weight excluding hydrogens is 360 g/mol. The fraction of sp³-hybridized carbons (Fsp3) is 0.231. The van der Waals surface area contributed by atoms with Gasteiger partial charge in [-0.15, -0.1) is 11.3 Å². The lowest BCUT2D eigenvalue weighted by Gasteiger charge is -2.14. The number of benzene rings is 1. The zero-order valence-electron chi connectivity index (χ0n) is 10.8. The number of nitrogens with one attached hydrogen (secondary N) is 1. The Labute approximate surface area is 131 Å². The van der Waals surface area contributed by atoms with E-state index in [1.807, 2.05) is 31.2 Å². The van der Waals surface area contributed by atoms with Crippen molar-refractivity contribution in [3.63, 3.8) is 0 Å². The molecule has 1 heterocycles. The normalized spacial score (nSPS) is 13.3. The smallest absolute Gasteiger partial charge is 0.250 e. The maximum absolute atomic E-state index is 12.3. The molecule has 0 aliphatic heterocycles. The molecule has 1 atom stereocenters. The minimum absolute atomic E-state index is 0.291. The first-order valence-electron chi connectivity index (χ1n) is 5.97. The van der Waals surface area contributed by atoms with Crippen LogP contribution in [0.4, 0.5) is 0 Å². The van der Waals surface area contributed by atoms with E-state index in [0.717, 1.165) is 15.6 Å². The summed E-state index contributed by atoms with van der Waals surface area (Å²) in [7, 11) is -3.51. The predicted octanol–water partition coefficient (Wildman–Crippen LogP) is 3.01. The molecule has 0 bridgehead atoms. The van der Waals surface area contributed by atoms with Crippen LogP contribution in [0.15, 0.2) is 44.4 Å². The van der Waals surface area contributed by atoms with Gasteiger partial charge in [0.05, 0.1) is 0 Å². The van der Waals surface area contributed by atoms with Gasteiger partial charge in [0.2, 0.25) is 0 Å². The monoisotopic (exact) mass is 374 g/mol.